The number of amides is 1. The Morgan fingerprint density at radius 1 is 1.26 bits per heavy atom. The maximum absolute atomic E-state index is 13.0. The van der Waals surface area contributed by atoms with Crippen LogP contribution in [0.4, 0.5) is 16.7 Å². The molecule has 194 valence electrons. The molecule has 3 heterocycles. The molecule has 38 heavy (non-hydrogen) atoms. The summed E-state index contributed by atoms with van der Waals surface area (Å²) >= 11 is 0. The smallest absolute Gasteiger partial charge is 0.417 e. The van der Waals surface area contributed by atoms with Crippen molar-refractivity contribution in [2.75, 3.05) is 23.4 Å². The molecule has 3 aromatic rings. The second kappa shape index (κ2) is 9.63. The largest absolute Gasteiger partial charge is 0.490 e. The third kappa shape index (κ3) is 4.68. The number of carbonyl (C=O) groups is 1. The Kier molecular flexibility index (Phi) is 6.33. The first-order chi connectivity index (χ1) is 18.3. The number of benzene rings is 1. The highest BCUT2D eigenvalue weighted by molar-refractivity contribution is 5.88. The molecule has 0 spiro atoms. The summed E-state index contributed by atoms with van der Waals surface area (Å²) in [5.41, 5.74) is 0.413. The molecule has 1 saturated carbocycles. The number of nitriles is 2. The Hall–Kier alpha value is -4.71. The maximum atomic E-state index is 13.0. The molecule has 1 aliphatic carbocycles. The van der Waals surface area contributed by atoms with Gasteiger partial charge in [0, 0.05) is 17.0 Å². The van der Waals surface area contributed by atoms with Gasteiger partial charge >= 0.3 is 6.09 Å². The minimum absolute atomic E-state index is 0.171. The molecule has 1 aliphatic heterocycles. The molecular formula is C26H26N8O4. The Morgan fingerprint density at radius 3 is 2.74 bits per heavy atom. The van der Waals surface area contributed by atoms with Crippen LogP contribution in [0.1, 0.15) is 56.1 Å². The highest BCUT2D eigenvalue weighted by Gasteiger charge is 2.44. The first-order valence-electron chi connectivity index (χ1n) is 12.4. The zero-order valence-corrected chi connectivity index (χ0v) is 21.2. The zero-order valence-electron chi connectivity index (χ0n) is 21.2. The number of aromatic nitrogens is 4. The number of aromatic amines is 1. The molecule has 12 nitrogen and oxygen atoms in total. The van der Waals surface area contributed by atoms with Crippen LogP contribution in [0.25, 0.3) is 10.9 Å². The van der Waals surface area contributed by atoms with Crippen molar-refractivity contribution in [1.82, 2.24) is 19.9 Å². The van der Waals surface area contributed by atoms with Crippen LogP contribution in [0.5, 0.6) is 5.75 Å². The first-order valence-corrected chi connectivity index (χ1v) is 12.4. The molecule has 0 radical (unpaired) electrons. The van der Waals surface area contributed by atoms with E-state index in [2.05, 4.69) is 37.4 Å². The van der Waals surface area contributed by atoms with E-state index in [1.54, 1.807) is 32.0 Å². The Labute approximate surface area is 218 Å². The molecular weight excluding hydrogens is 488 g/mol. The van der Waals surface area contributed by atoms with Crippen LogP contribution in [0, 0.1) is 35.0 Å². The van der Waals surface area contributed by atoms with E-state index in [1.165, 1.54) is 4.90 Å². The number of pyridine rings is 1. The normalized spacial score (nSPS) is 18.4. The van der Waals surface area contributed by atoms with Crippen LogP contribution in [-0.4, -0.2) is 45.3 Å². The molecule has 0 bridgehead atoms. The third-order valence-electron chi connectivity index (χ3n) is 6.88. The predicted octanol–water partition coefficient (Wildman–Crippen LogP) is 3.48. The van der Waals surface area contributed by atoms with Gasteiger partial charge in [-0.1, -0.05) is 6.92 Å². The van der Waals surface area contributed by atoms with Gasteiger partial charge in [0.25, 0.3) is 5.56 Å². The minimum atomic E-state index is -0.517. The molecule has 2 N–H and O–H groups in total. The molecule has 2 atom stereocenters. The summed E-state index contributed by atoms with van der Waals surface area (Å²) in [6, 6.07) is 8.68. The lowest BCUT2D eigenvalue weighted by Crippen LogP contribution is -2.35. The number of ether oxygens (including phenoxy) is 2. The van der Waals surface area contributed by atoms with E-state index in [4.69, 9.17) is 9.47 Å². The van der Waals surface area contributed by atoms with Crippen molar-refractivity contribution in [1.29, 1.82) is 10.5 Å². The summed E-state index contributed by atoms with van der Waals surface area (Å²) in [5.74, 6) is 1.13. The summed E-state index contributed by atoms with van der Waals surface area (Å²) < 4.78 is 11.0. The molecule has 1 saturated heterocycles. The molecule has 2 fully saturated rings. The lowest BCUT2D eigenvalue weighted by Gasteiger charge is -2.20. The second-order valence-electron chi connectivity index (χ2n) is 9.66. The Balaban J connectivity index is 1.41. The number of H-pyrrole nitrogens is 1. The fourth-order valence-electron chi connectivity index (χ4n) is 4.35. The van der Waals surface area contributed by atoms with Crippen molar-refractivity contribution in [2.24, 2.45) is 5.41 Å². The van der Waals surface area contributed by atoms with Crippen molar-refractivity contribution >= 4 is 28.9 Å². The summed E-state index contributed by atoms with van der Waals surface area (Å²) in [6.45, 7) is 5.89. The lowest BCUT2D eigenvalue weighted by molar-refractivity contribution is 0.178. The number of cyclic esters (lactones) is 1. The van der Waals surface area contributed by atoms with Gasteiger partial charge in [-0.3, -0.25) is 4.79 Å². The fourth-order valence-corrected chi connectivity index (χ4v) is 4.35. The van der Waals surface area contributed by atoms with Crippen molar-refractivity contribution in [3.63, 3.8) is 0 Å². The average Bonchev–Trinajstić information content (AvgIpc) is 3.59. The highest BCUT2D eigenvalue weighted by atomic mass is 16.6. The van der Waals surface area contributed by atoms with Crippen molar-refractivity contribution < 1.29 is 14.3 Å². The predicted molar refractivity (Wildman–Crippen MR) is 137 cm³/mol. The van der Waals surface area contributed by atoms with Crippen LogP contribution in [0.15, 0.2) is 23.0 Å². The van der Waals surface area contributed by atoms with Gasteiger partial charge in [0.2, 0.25) is 11.9 Å². The van der Waals surface area contributed by atoms with Gasteiger partial charge in [-0.15, -0.1) is 0 Å². The van der Waals surface area contributed by atoms with Gasteiger partial charge in [0.1, 0.15) is 30.9 Å². The van der Waals surface area contributed by atoms with Gasteiger partial charge in [-0.05, 0) is 45.2 Å². The van der Waals surface area contributed by atoms with Gasteiger partial charge < -0.3 is 19.8 Å². The number of carbonyl (C=O) groups excluding carboxylic acids is 1. The molecule has 12 heteroatoms. The molecule has 1 amide bonds. The van der Waals surface area contributed by atoms with Gasteiger partial charge in [-0.2, -0.15) is 25.5 Å². The third-order valence-corrected chi connectivity index (χ3v) is 6.88. The fraction of sp³-hybridized carbons (Fsp3) is 0.423. The minimum Gasteiger partial charge on any atom is -0.490 e. The topological polar surface area (TPSA) is 170 Å². The van der Waals surface area contributed by atoms with Crippen LogP contribution in [0.3, 0.4) is 0 Å². The SMILES string of the molecule is CC[C@H]1COC(=O)N1c1nc(C)nc(N[C@@H](C)c2cc3cc(C#N)c(OCC4(C#N)CC4)cc3[nH]c2=O)n1. The highest BCUT2D eigenvalue weighted by Crippen LogP contribution is 2.45. The number of hydrogen-bond donors (Lipinski definition) is 2. The Morgan fingerprint density at radius 2 is 2.05 bits per heavy atom. The summed E-state index contributed by atoms with van der Waals surface area (Å²) in [7, 11) is 0. The van der Waals surface area contributed by atoms with E-state index >= 15 is 0 Å². The molecule has 2 aromatic heterocycles. The van der Waals surface area contributed by atoms with E-state index < -0.39 is 17.6 Å². The van der Waals surface area contributed by atoms with E-state index in [1.807, 2.05) is 6.92 Å². The number of nitrogens with one attached hydrogen (secondary N) is 2. The van der Waals surface area contributed by atoms with Crippen molar-refractivity contribution in [3.8, 4) is 17.9 Å². The quantitative estimate of drug-likeness (QED) is 0.453. The van der Waals surface area contributed by atoms with Crippen LogP contribution >= 0.6 is 0 Å². The maximum Gasteiger partial charge on any atom is 0.417 e. The Bertz CT molecular complexity index is 1570. The number of hydrogen-bond acceptors (Lipinski definition) is 10. The van der Waals surface area contributed by atoms with Crippen LogP contribution in [-0.2, 0) is 4.74 Å². The zero-order chi connectivity index (χ0) is 27.0. The number of rotatable bonds is 8. The van der Waals surface area contributed by atoms with Gasteiger partial charge in [0.15, 0.2) is 0 Å². The molecule has 2 aliphatic rings. The van der Waals surface area contributed by atoms with Gasteiger partial charge in [-0.25, -0.2) is 9.69 Å². The number of fused-ring (bicyclic) bond motifs is 1. The van der Waals surface area contributed by atoms with Crippen molar-refractivity contribution in [2.45, 2.75) is 52.1 Å². The summed E-state index contributed by atoms with van der Waals surface area (Å²) in [4.78, 5) is 42.6. The number of anilines is 2. The summed E-state index contributed by atoms with van der Waals surface area (Å²) in [5, 5.41) is 22.7. The van der Waals surface area contributed by atoms with Crippen molar-refractivity contribution in [3.05, 3.63) is 45.5 Å². The molecule has 1 aromatic carbocycles. The van der Waals surface area contributed by atoms with E-state index in [0.29, 0.717) is 40.0 Å². The van der Waals surface area contributed by atoms with E-state index in [9.17, 15) is 20.1 Å². The standard InChI is InChI=1S/C26H26N8O4/c1-4-18-11-37-25(36)34(18)24-31-15(3)30-23(33-24)29-14(2)19-8-16-7-17(10-27)21(9-20(16)32-22(19)35)38-13-26(12-28)5-6-26/h7-9,14,18H,4-6,11,13H2,1-3H3,(H,32,35)(H,29,30,31,33)/t14-,18-/m0/s1. The average molecular weight is 515 g/mol. The van der Waals surface area contributed by atoms with E-state index in [-0.39, 0.29) is 36.7 Å². The number of aryl methyl sites for hydroxylation is 1. The van der Waals surface area contributed by atoms with Crippen LogP contribution in [0.2, 0.25) is 0 Å². The molecule has 0 unspecified atom stereocenters. The molecule has 5 rings (SSSR count). The summed E-state index contributed by atoms with van der Waals surface area (Å²) in [6.07, 6.45) is 1.71. The second-order valence-corrected chi connectivity index (χ2v) is 9.66. The van der Waals surface area contributed by atoms with Gasteiger partial charge in [0.05, 0.1) is 34.6 Å². The monoisotopic (exact) mass is 514 g/mol. The lowest BCUT2D eigenvalue weighted by atomic mass is 10.0. The number of nitrogens with zero attached hydrogens (tertiary/aromatic N) is 6. The first kappa shape index (κ1) is 25.0. The van der Waals surface area contributed by atoms with E-state index in [0.717, 1.165) is 12.8 Å². The van der Waals surface area contributed by atoms with Crippen LogP contribution < -0.4 is 20.5 Å².